The summed E-state index contributed by atoms with van der Waals surface area (Å²) in [5.41, 5.74) is 9.97. The van der Waals surface area contributed by atoms with Crippen molar-refractivity contribution in [3.05, 3.63) is 53.2 Å². The van der Waals surface area contributed by atoms with Gasteiger partial charge in [-0.2, -0.15) is 0 Å². The second kappa shape index (κ2) is 16.8. The average molecular weight is 417 g/mol. The van der Waals surface area contributed by atoms with Crippen molar-refractivity contribution in [2.45, 2.75) is 79.9 Å². The third kappa shape index (κ3) is 10.7. The maximum absolute atomic E-state index is 6.07. The second-order valence-electron chi connectivity index (χ2n) is 7.37. The van der Waals surface area contributed by atoms with Crippen LogP contribution < -0.4 is 5.73 Å². The van der Waals surface area contributed by atoms with Crippen LogP contribution in [-0.4, -0.2) is 42.3 Å². The zero-order valence-electron chi connectivity index (χ0n) is 20.2. The fourth-order valence-electron chi connectivity index (χ4n) is 3.15. The Bertz CT molecular complexity index is 655. The molecule has 1 heterocycles. The maximum atomic E-state index is 6.07. The number of ether oxygens (including phenoxy) is 1. The standard InChI is InChI=1S/C23H38N4O.C2H6/c1-7-11-20(5)28-23(8-2)22(25-6)17-27(13-10-9-12-24)16-21-19(4)14-18(3)15-26-21;1-2/h8,14-15,20H,2,6-7,9-13,16-17,24H2,1,3-5H3;1-2H3/b23-22+;. The molecular formula is C25H44N4O. The van der Waals surface area contributed by atoms with Gasteiger partial charge in [0, 0.05) is 19.3 Å². The molecule has 0 spiro atoms. The predicted molar refractivity (Wildman–Crippen MR) is 131 cm³/mol. The molecule has 0 radical (unpaired) electrons. The van der Waals surface area contributed by atoms with Gasteiger partial charge in [0.1, 0.15) is 5.76 Å². The SMILES string of the molecule is C=C/C(OC(C)CCC)=C(/CN(CCCCN)Cc1ncc(C)cc1C)N=C.CC. The predicted octanol–water partition coefficient (Wildman–Crippen LogP) is 5.57. The molecule has 1 aromatic rings. The maximum Gasteiger partial charge on any atom is 0.141 e. The van der Waals surface area contributed by atoms with Crippen molar-refractivity contribution in [1.29, 1.82) is 0 Å². The number of hydrogen-bond acceptors (Lipinski definition) is 5. The van der Waals surface area contributed by atoms with Gasteiger partial charge in [-0.25, -0.2) is 0 Å². The summed E-state index contributed by atoms with van der Waals surface area (Å²) in [6, 6.07) is 2.17. The Labute approximate surface area is 185 Å². The summed E-state index contributed by atoms with van der Waals surface area (Å²) in [5.74, 6) is 0.716. The first-order valence-corrected chi connectivity index (χ1v) is 11.3. The summed E-state index contributed by atoms with van der Waals surface area (Å²) in [6.45, 7) is 23.1. The Morgan fingerprint density at radius 2 is 2.03 bits per heavy atom. The number of rotatable bonds is 14. The molecule has 0 aromatic carbocycles. The number of aromatic nitrogens is 1. The van der Waals surface area contributed by atoms with Gasteiger partial charge in [0.15, 0.2) is 0 Å². The van der Waals surface area contributed by atoms with Gasteiger partial charge in [-0.1, -0.05) is 39.8 Å². The van der Waals surface area contributed by atoms with E-state index in [1.165, 1.54) is 11.1 Å². The molecule has 1 aromatic heterocycles. The van der Waals surface area contributed by atoms with Gasteiger partial charge >= 0.3 is 0 Å². The molecule has 2 N–H and O–H groups in total. The van der Waals surface area contributed by atoms with E-state index in [1.54, 1.807) is 6.08 Å². The van der Waals surface area contributed by atoms with Crippen LogP contribution in [0.3, 0.4) is 0 Å². The molecule has 0 bridgehead atoms. The highest BCUT2D eigenvalue weighted by molar-refractivity contribution is 5.33. The van der Waals surface area contributed by atoms with Crippen LogP contribution in [0, 0.1) is 13.8 Å². The molecule has 0 aliphatic heterocycles. The molecule has 5 heteroatoms. The molecule has 0 saturated heterocycles. The van der Waals surface area contributed by atoms with Crippen molar-refractivity contribution >= 4 is 6.72 Å². The van der Waals surface area contributed by atoms with Crippen LogP contribution in [-0.2, 0) is 11.3 Å². The van der Waals surface area contributed by atoms with E-state index < -0.39 is 0 Å². The number of aliphatic imine (C=N–C) groups is 1. The molecule has 0 saturated carbocycles. The summed E-state index contributed by atoms with van der Waals surface area (Å²) in [5, 5.41) is 0. The molecule has 30 heavy (non-hydrogen) atoms. The lowest BCUT2D eigenvalue weighted by Gasteiger charge is -2.24. The molecule has 0 aliphatic rings. The first-order chi connectivity index (χ1) is 14.4. The Hall–Kier alpha value is -1.98. The minimum Gasteiger partial charge on any atom is -0.489 e. The lowest BCUT2D eigenvalue weighted by Crippen LogP contribution is -2.28. The van der Waals surface area contributed by atoms with E-state index in [4.69, 9.17) is 10.5 Å². The van der Waals surface area contributed by atoms with Gasteiger partial charge in [-0.3, -0.25) is 14.9 Å². The average Bonchev–Trinajstić information content (AvgIpc) is 2.74. The largest absolute Gasteiger partial charge is 0.489 e. The summed E-state index contributed by atoms with van der Waals surface area (Å²) in [7, 11) is 0. The fourth-order valence-corrected chi connectivity index (χ4v) is 3.15. The molecule has 170 valence electrons. The lowest BCUT2D eigenvalue weighted by molar-refractivity contribution is 0.127. The van der Waals surface area contributed by atoms with Crippen molar-refractivity contribution in [3.8, 4) is 0 Å². The summed E-state index contributed by atoms with van der Waals surface area (Å²) in [4.78, 5) is 11.2. The van der Waals surface area contributed by atoms with E-state index in [0.717, 1.165) is 50.2 Å². The molecule has 5 nitrogen and oxygen atoms in total. The van der Waals surface area contributed by atoms with Crippen molar-refractivity contribution in [2.24, 2.45) is 10.7 Å². The topological polar surface area (TPSA) is 63.7 Å². The Kier molecular flexibility index (Phi) is 15.7. The molecule has 0 amide bonds. The number of allylic oxidation sites excluding steroid dienone is 1. The molecule has 1 atom stereocenters. The molecule has 1 unspecified atom stereocenters. The van der Waals surface area contributed by atoms with E-state index in [1.807, 2.05) is 20.0 Å². The number of hydrogen-bond donors (Lipinski definition) is 1. The lowest BCUT2D eigenvalue weighted by atomic mass is 10.1. The first kappa shape index (κ1) is 28.0. The number of nitrogens with two attached hydrogens (primary N) is 1. The minimum atomic E-state index is 0.126. The van der Waals surface area contributed by atoms with Crippen molar-refractivity contribution in [3.63, 3.8) is 0 Å². The Morgan fingerprint density at radius 1 is 1.33 bits per heavy atom. The fraction of sp³-hybridized carbons (Fsp3) is 0.600. The van der Waals surface area contributed by atoms with Crippen molar-refractivity contribution < 1.29 is 4.74 Å². The van der Waals surface area contributed by atoms with Crippen LogP contribution in [0.15, 0.2) is 41.4 Å². The molecule has 0 fully saturated rings. The van der Waals surface area contributed by atoms with Crippen LogP contribution in [0.4, 0.5) is 0 Å². The molecule has 0 aliphatic carbocycles. The van der Waals surface area contributed by atoms with Gasteiger partial charge in [-0.15, -0.1) is 0 Å². The van der Waals surface area contributed by atoms with Gasteiger partial charge in [-0.05, 0) is 77.0 Å². The van der Waals surface area contributed by atoms with Crippen LogP contribution in [0.1, 0.15) is 70.2 Å². The normalized spacial score (nSPS) is 12.5. The summed E-state index contributed by atoms with van der Waals surface area (Å²) < 4.78 is 6.07. The molecule has 1 rings (SSSR count). The molecular weight excluding hydrogens is 372 g/mol. The quantitative estimate of drug-likeness (QED) is 0.186. The van der Waals surface area contributed by atoms with Gasteiger partial charge in [0.2, 0.25) is 0 Å². The van der Waals surface area contributed by atoms with Gasteiger partial charge in [0.25, 0.3) is 0 Å². The highest BCUT2D eigenvalue weighted by Crippen LogP contribution is 2.18. The minimum absolute atomic E-state index is 0.126. The first-order valence-electron chi connectivity index (χ1n) is 11.3. The van der Waals surface area contributed by atoms with E-state index >= 15 is 0 Å². The third-order valence-corrected chi connectivity index (χ3v) is 4.68. The monoisotopic (exact) mass is 416 g/mol. The van der Waals surface area contributed by atoms with Crippen molar-refractivity contribution in [2.75, 3.05) is 19.6 Å². The zero-order chi connectivity index (χ0) is 22.9. The van der Waals surface area contributed by atoms with Gasteiger partial charge in [0.05, 0.1) is 17.5 Å². The van der Waals surface area contributed by atoms with E-state index in [9.17, 15) is 0 Å². The van der Waals surface area contributed by atoms with E-state index in [-0.39, 0.29) is 6.10 Å². The Balaban J connectivity index is 0.00000407. The van der Waals surface area contributed by atoms with Crippen LogP contribution in [0.25, 0.3) is 0 Å². The zero-order valence-corrected chi connectivity index (χ0v) is 20.2. The number of nitrogens with zero attached hydrogens (tertiary/aromatic N) is 3. The van der Waals surface area contributed by atoms with Crippen LogP contribution in [0.5, 0.6) is 0 Å². The van der Waals surface area contributed by atoms with Crippen LogP contribution in [0.2, 0.25) is 0 Å². The summed E-state index contributed by atoms with van der Waals surface area (Å²) in [6.07, 6.45) is 7.89. The van der Waals surface area contributed by atoms with E-state index in [0.29, 0.717) is 18.8 Å². The highest BCUT2D eigenvalue weighted by atomic mass is 16.5. The number of unbranched alkanes of at least 4 members (excludes halogenated alkanes) is 1. The number of pyridine rings is 1. The highest BCUT2D eigenvalue weighted by Gasteiger charge is 2.15. The van der Waals surface area contributed by atoms with Crippen molar-refractivity contribution in [1.82, 2.24) is 9.88 Å². The third-order valence-electron chi connectivity index (χ3n) is 4.68. The summed E-state index contributed by atoms with van der Waals surface area (Å²) >= 11 is 0. The smallest absolute Gasteiger partial charge is 0.141 e. The van der Waals surface area contributed by atoms with Gasteiger partial charge < -0.3 is 10.5 Å². The van der Waals surface area contributed by atoms with Crippen LogP contribution >= 0.6 is 0 Å². The second-order valence-corrected chi connectivity index (χ2v) is 7.37. The van der Waals surface area contributed by atoms with E-state index in [2.05, 4.69) is 61.9 Å². The Morgan fingerprint density at radius 3 is 2.57 bits per heavy atom. The number of aryl methyl sites for hydroxylation is 2.